The smallest absolute Gasteiger partial charge is 0.207 e. The molecule has 1 atom stereocenters. The maximum absolute atomic E-state index is 13.6. The van der Waals surface area contributed by atoms with Crippen LogP contribution in [-0.4, -0.2) is 35.7 Å². The lowest BCUT2D eigenvalue weighted by molar-refractivity contribution is 0.0973. The van der Waals surface area contributed by atoms with Crippen molar-refractivity contribution in [3.8, 4) is 0 Å². The summed E-state index contributed by atoms with van der Waals surface area (Å²) in [6.07, 6.45) is 2.35. The maximum Gasteiger partial charge on any atom is 0.207 e. The summed E-state index contributed by atoms with van der Waals surface area (Å²) in [5, 5.41) is 7.71. The van der Waals surface area contributed by atoms with Gasteiger partial charge in [0.15, 0.2) is 11.6 Å². The Hall–Kier alpha value is -1.69. The third-order valence-corrected chi connectivity index (χ3v) is 4.51. The summed E-state index contributed by atoms with van der Waals surface area (Å²) in [6.45, 7) is 3.28. The molecule has 3 saturated heterocycles. The Morgan fingerprint density at radius 3 is 2.75 bits per heavy atom. The van der Waals surface area contributed by atoms with E-state index in [1.807, 2.05) is 0 Å². The molecule has 5 rings (SSSR count). The van der Waals surface area contributed by atoms with Gasteiger partial charge in [-0.3, -0.25) is 0 Å². The summed E-state index contributed by atoms with van der Waals surface area (Å²) >= 11 is 0. The average molecular weight is 279 g/mol. The molecule has 1 N–H and O–H groups in total. The minimum atomic E-state index is -0.975. The first kappa shape index (κ1) is 12.1. The molecule has 6 heteroatoms. The number of nitrogens with one attached hydrogen (secondary N) is 1. The van der Waals surface area contributed by atoms with Crippen molar-refractivity contribution in [2.24, 2.45) is 5.92 Å². The molecule has 4 heterocycles. The average Bonchev–Trinajstić information content (AvgIpc) is 2.88. The monoisotopic (exact) mass is 279 g/mol. The van der Waals surface area contributed by atoms with Crippen molar-refractivity contribution >= 4 is 16.8 Å². The number of halogens is 2. The van der Waals surface area contributed by atoms with Crippen LogP contribution in [-0.2, 0) is 0 Å². The second-order valence-electron chi connectivity index (χ2n) is 5.66. The van der Waals surface area contributed by atoms with Crippen LogP contribution in [0.4, 0.5) is 14.6 Å². The van der Waals surface area contributed by atoms with Gasteiger partial charge in [-0.15, -0.1) is 0 Å². The SMILES string of the molecule is Fc1ccc2c(NC3CN4CCC3CC4)noc2c1F. The maximum atomic E-state index is 13.6. The van der Waals surface area contributed by atoms with Gasteiger partial charge in [0.25, 0.3) is 0 Å². The highest BCUT2D eigenvalue weighted by Crippen LogP contribution is 2.32. The molecule has 4 nitrogen and oxygen atoms in total. The predicted octanol–water partition coefficient (Wildman–Crippen LogP) is 2.61. The number of nitrogens with zero attached hydrogens (tertiary/aromatic N) is 2. The highest BCUT2D eigenvalue weighted by molar-refractivity contribution is 5.88. The van der Waals surface area contributed by atoms with E-state index < -0.39 is 11.6 Å². The molecule has 3 fully saturated rings. The van der Waals surface area contributed by atoms with E-state index in [1.54, 1.807) is 0 Å². The number of fused-ring (bicyclic) bond motifs is 4. The Morgan fingerprint density at radius 2 is 2.05 bits per heavy atom. The fourth-order valence-corrected chi connectivity index (χ4v) is 3.36. The van der Waals surface area contributed by atoms with Gasteiger partial charge in [0.2, 0.25) is 11.4 Å². The molecule has 106 valence electrons. The van der Waals surface area contributed by atoms with Crippen LogP contribution in [0.1, 0.15) is 12.8 Å². The van der Waals surface area contributed by atoms with Crippen LogP contribution in [0.15, 0.2) is 16.7 Å². The van der Waals surface area contributed by atoms with Gasteiger partial charge >= 0.3 is 0 Å². The highest BCUT2D eigenvalue weighted by atomic mass is 19.2. The van der Waals surface area contributed by atoms with Crippen LogP contribution < -0.4 is 5.32 Å². The number of piperidine rings is 3. The van der Waals surface area contributed by atoms with E-state index in [4.69, 9.17) is 4.52 Å². The molecule has 3 aliphatic heterocycles. The first-order valence-electron chi connectivity index (χ1n) is 6.94. The van der Waals surface area contributed by atoms with E-state index in [0.29, 0.717) is 23.2 Å². The van der Waals surface area contributed by atoms with Crippen molar-refractivity contribution in [1.29, 1.82) is 0 Å². The van der Waals surface area contributed by atoms with Crippen LogP contribution in [0, 0.1) is 17.6 Å². The zero-order chi connectivity index (χ0) is 13.7. The Bertz CT molecular complexity index is 649. The Labute approximate surface area is 114 Å². The number of aromatic nitrogens is 1. The summed E-state index contributed by atoms with van der Waals surface area (Å²) in [5.41, 5.74) is -0.117. The second-order valence-corrected chi connectivity index (χ2v) is 5.66. The highest BCUT2D eigenvalue weighted by Gasteiger charge is 2.34. The molecule has 0 spiro atoms. The standard InChI is InChI=1S/C14H15F2N3O/c15-10-2-1-9-13(12(10)16)20-18-14(9)17-11-7-19-5-3-8(11)4-6-19/h1-2,8,11H,3-7H2,(H,17,18). The van der Waals surface area contributed by atoms with Crippen LogP contribution in [0.25, 0.3) is 11.0 Å². The molecule has 3 aliphatic rings. The molecule has 0 aliphatic carbocycles. The van der Waals surface area contributed by atoms with Crippen molar-refractivity contribution in [1.82, 2.24) is 10.1 Å². The van der Waals surface area contributed by atoms with Crippen molar-refractivity contribution in [3.05, 3.63) is 23.8 Å². The second kappa shape index (κ2) is 4.41. The molecule has 2 aromatic rings. The Balaban J connectivity index is 1.65. The van der Waals surface area contributed by atoms with Gasteiger partial charge in [0.1, 0.15) is 0 Å². The van der Waals surface area contributed by atoms with Crippen LogP contribution in [0.5, 0.6) is 0 Å². The van der Waals surface area contributed by atoms with E-state index >= 15 is 0 Å². The third kappa shape index (κ3) is 1.78. The minimum absolute atomic E-state index is 0.117. The molecular weight excluding hydrogens is 264 g/mol. The minimum Gasteiger partial charge on any atom is -0.362 e. The van der Waals surface area contributed by atoms with Gasteiger partial charge in [0, 0.05) is 12.6 Å². The van der Waals surface area contributed by atoms with Gasteiger partial charge in [-0.1, -0.05) is 5.16 Å². The molecule has 2 bridgehead atoms. The molecule has 1 aromatic heterocycles. The zero-order valence-electron chi connectivity index (χ0n) is 10.9. The van der Waals surface area contributed by atoms with Crippen molar-refractivity contribution < 1.29 is 13.3 Å². The Morgan fingerprint density at radius 1 is 1.25 bits per heavy atom. The predicted molar refractivity (Wildman–Crippen MR) is 70.5 cm³/mol. The van der Waals surface area contributed by atoms with Crippen LogP contribution >= 0.6 is 0 Å². The van der Waals surface area contributed by atoms with E-state index in [0.717, 1.165) is 25.7 Å². The van der Waals surface area contributed by atoms with E-state index in [2.05, 4.69) is 15.4 Å². The molecular formula is C14H15F2N3O. The van der Waals surface area contributed by atoms with E-state index in [9.17, 15) is 8.78 Å². The lowest BCUT2D eigenvalue weighted by Gasteiger charge is -2.44. The largest absolute Gasteiger partial charge is 0.362 e. The fraction of sp³-hybridized carbons (Fsp3) is 0.500. The number of anilines is 1. The lowest BCUT2D eigenvalue weighted by atomic mass is 9.84. The Kier molecular flexibility index (Phi) is 2.66. The molecule has 20 heavy (non-hydrogen) atoms. The van der Waals surface area contributed by atoms with Gasteiger partial charge in [-0.25, -0.2) is 4.39 Å². The van der Waals surface area contributed by atoms with E-state index in [1.165, 1.54) is 18.9 Å². The molecule has 1 unspecified atom stereocenters. The van der Waals surface area contributed by atoms with Crippen molar-refractivity contribution in [3.63, 3.8) is 0 Å². The van der Waals surface area contributed by atoms with E-state index in [-0.39, 0.29) is 5.58 Å². The molecule has 0 radical (unpaired) electrons. The molecule has 1 aromatic carbocycles. The molecule has 0 amide bonds. The number of rotatable bonds is 2. The third-order valence-electron chi connectivity index (χ3n) is 4.51. The summed E-state index contributed by atoms with van der Waals surface area (Å²) in [7, 11) is 0. The first-order valence-corrected chi connectivity index (χ1v) is 6.94. The van der Waals surface area contributed by atoms with Crippen LogP contribution in [0.2, 0.25) is 0 Å². The summed E-state index contributed by atoms with van der Waals surface area (Å²) in [4.78, 5) is 2.42. The topological polar surface area (TPSA) is 41.3 Å². The lowest BCUT2D eigenvalue weighted by Crippen LogP contribution is -2.53. The fourth-order valence-electron chi connectivity index (χ4n) is 3.36. The normalized spacial score (nSPS) is 29.0. The summed E-state index contributed by atoms with van der Waals surface area (Å²) in [5.74, 6) is -0.755. The summed E-state index contributed by atoms with van der Waals surface area (Å²) < 4.78 is 31.7. The van der Waals surface area contributed by atoms with Gasteiger partial charge < -0.3 is 14.7 Å². The van der Waals surface area contributed by atoms with Crippen LogP contribution in [0.3, 0.4) is 0 Å². The van der Waals surface area contributed by atoms with Crippen molar-refractivity contribution in [2.45, 2.75) is 18.9 Å². The van der Waals surface area contributed by atoms with Gasteiger partial charge in [0.05, 0.1) is 5.39 Å². The number of hydrogen-bond donors (Lipinski definition) is 1. The number of hydrogen-bond acceptors (Lipinski definition) is 4. The quantitative estimate of drug-likeness (QED) is 0.917. The number of benzene rings is 1. The molecule has 0 saturated carbocycles. The van der Waals surface area contributed by atoms with Crippen molar-refractivity contribution in [2.75, 3.05) is 25.0 Å². The van der Waals surface area contributed by atoms with Gasteiger partial charge in [-0.05, 0) is 44.0 Å². The zero-order valence-corrected chi connectivity index (χ0v) is 10.9. The first-order chi connectivity index (χ1) is 9.72. The van der Waals surface area contributed by atoms with Gasteiger partial charge in [-0.2, -0.15) is 4.39 Å². The summed E-state index contributed by atoms with van der Waals surface area (Å²) in [6, 6.07) is 2.92.